The van der Waals surface area contributed by atoms with Gasteiger partial charge in [-0.1, -0.05) is 28.1 Å². The number of nitrogen functional groups attached to an aromatic ring is 1. The van der Waals surface area contributed by atoms with E-state index in [2.05, 4.69) is 58.2 Å². The molecule has 2 aromatic carbocycles. The number of anilines is 1. The molecule has 92 valence electrons. The third-order valence-corrected chi connectivity index (χ3v) is 3.87. The van der Waals surface area contributed by atoms with Crippen molar-refractivity contribution < 1.29 is 0 Å². The topological polar surface area (TPSA) is 29.3 Å². The van der Waals surface area contributed by atoms with Gasteiger partial charge in [0.2, 0.25) is 0 Å². The Balaban J connectivity index is 2.27. The average Bonchev–Trinajstić information content (AvgIpc) is 2.44. The van der Waals surface area contributed by atoms with Gasteiger partial charge in [-0.15, -0.1) is 0 Å². The fourth-order valence-electron chi connectivity index (χ4n) is 2.58. The normalized spacial score (nSPS) is 14.8. The second-order valence-electron chi connectivity index (χ2n) is 4.89. The molecule has 1 aliphatic rings. The third kappa shape index (κ3) is 2.04. The van der Waals surface area contributed by atoms with Crippen LogP contribution in [0, 0.1) is 0 Å². The molecule has 3 heteroatoms. The molecule has 0 atom stereocenters. The Hall–Kier alpha value is -1.32. The summed E-state index contributed by atoms with van der Waals surface area (Å²) in [6.07, 6.45) is 0. The maximum absolute atomic E-state index is 5.90. The van der Waals surface area contributed by atoms with Gasteiger partial charge in [-0.2, -0.15) is 0 Å². The molecule has 0 saturated carbocycles. The van der Waals surface area contributed by atoms with Crippen LogP contribution in [0.15, 0.2) is 40.9 Å². The van der Waals surface area contributed by atoms with Gasteiger partial charge in [0.25, 0.3) is 0 Å². The molecule has 3 rings (SSSR count). The van der Waals surface area contributed by atoms with Crippen molar-refractivity contribution >= 4 is 21.6 Å². The van der Waals surface area contributed by atoms with Crippen LogP contribution in [-0.4, -0.2) is 11.9 Å². The number of nitrogens with two attached hydrogens (primary N) is 1. The lowest BCUT2D eigenvalue weighted by Gasteiger charge is -2.14. The van der Waals surface area contributed by atoms with Crippen LogP contribution in [-0.2, 0) is 13.1 Å². The highest BCUT2D eigenvalue weighted by Crippen LogP contribution is 2.34. The zero-order chi connectivity index (χ0) is 12.7. The van der Waals surface area contributed by atoms with E-state index < -0.39 is 0 Å². The van der Waals surface area contributed by atoms with E-state index in [1.807, 2.05) is 6.07 Å². The van der Waals surface area contributed by atoms with Crippen LogP contribution in [0.4, 0.5) is 5.69 Å². The van der Waals surface area contributed by atoms with Crippen LogP contribution < -0.4 is 5.73 Å². The second-order valence-corrected chi connectivity index (χ2v) is 5.81. The maximum Gasteiger partial charge on any atom is 0.0317 e. The first kappa shape index (κ1) is 11.8. The lowest BCUT2D eigenvalue weighted by atomic mass is 9.96. The molecule has 2 nitrogen and oxygen atoms in total. The van der Waals surface area contributed by atoms with E-state index in [9.17, 15) is 0 Å². The van der Waals surface area contributed by atoms with Crippen molar-refractivity contribution in [1.82, 2.24) is 4.90 Å². The standard InChI is InChI=1S/C15H15BrN2/c1-18-8-10-2-3-12(16)7-15(10)14-5-4-13(17)6-11(14)9-18/h2-7H,8-9,17H2,1H3. The number of hydrogen-bond donors (Lipinski definition) is 1. The van der Waals surface area contributed by atoms with E-state index in [-0.39, 0.29) is 0 Å². The Bertz CT molecular complexity index is 607. The highest BCUT2D eigenvalue weighted by Gasteiger charge is 2.17. The van der Waals surface area contributed by atoms with Gasteiger partial charge in [0.05, 0.1) is 0 Å². The molecule has 0 aliphatic carbocycles. The van der Waals surface area contributed by atoms with Crippen LogP contribution in [0.2, 0.25) is 0 Å². The van der Waals surface area contributed by atoms with Gasteiger partial charge in [-0.3, -0.25) is 4.90 Å². The van der Waals surface area contributed by atoms with E-state index >= 15 is 0 Å². The van der Waals surface area contributed by atoms with E-state index in [1.165, 1.54) is 22.3 Å². The van der Waals surface area contributed by atoms with Crippen molar-refractivity contribution in [3.8, 4) is 11.1 Å². The van der Waals surface area contributed by atoms with Crippen LogP contribution in [0.3, 0.4) is 0 Å². The van der Waals surface area contributed by atoms with Crippen LogP contribution >= 0.6 is 15.9 Å². The number of fused-ring (bicyclic) bond motifs is 3. The van der Waals surface area contributed by atoms with Gasteiger partial charge in [0.15, 0.2) is 0 Å². The predicted molar refractivity (Wildman–Crippen MR) is 79.2 cm³/mol. The largest absolute Gasteiger partial charge is 0.399 e. The lowest BCUT2D eigenvalue weighted by Crippen LogP contribution is -2.15. The van der Waals surface area contributed by atoms with E-state index in [4.69, 9.17) is 5.73 Å². The number of nitrogens with zero attached hydrogens (tertiary/aromatic N) is 1. The smallest absolute Gasteiger partial charge is 0.0317 e. The summed E-state index contributed by atoms with van der Waals surface area (Å²) in [7, 11) is 2.14. The van der Waals surface area contributed by atoms with E-state index in [0.717, 1.165) is 23.2 Å². The van der Waals surface area contributed by atoms with Crippen LogP contribution in [0.1, 0.15) is 11.1 Å². The van der Waals surface area contributed by atoms with Gasteiger partial charge >= 0.3 is 0 Å². The van der Waals surface area contributed by atoms with Gasteiger partial charge < -0.3 is 5.73 Å². The molecule has 1 heterocycles. The molecule has 18 heavy (non-hydrogen) atoms. The molecule has 0 radical (unpaired) electrons. The van der Waals surface area contributed by atoms with Crippen molar-refractivity contribution in [2.45, 2.75) is 13.1 Å². The highest BCUT2D eigenvalue weighted by atomic mass is 79.9. The quantitative estimate of drug-likeness (QED) is 0.753. The monoisotopic (exact) mass is 302 g/mol. The van der Waals surface area contributed by atoms with Crippen molar-refractivity contribution in [2.75, 3.05) is 12.8 Å². The average molecular weight is 303 g/mol. The minimum Gasteiger partial charge on any atom is -0.399 e. The Morgan fingerprint density at radius 1 is 1.00 bits per heavy atom. The zero-order valence-corrected chi connectivity index (χ0v) is 11.9. The van der Waals surface area contributed by atoms with Crippen LogP contribution in [0.25, 0.3) is 11.1 Å². The Morgan fingerprint density at radius 2 is 1.78 bits per heavy atom. The van der Waals surface area contributed by atoms with Gasteiger partial charge in [-0.25, -0.2) is 0 Å². The van der Waals surface area contributed by atoms with Crippen molar-refractivity contribution in [2.24, 2.45) is 0 Å². The summed E-state index contributed by atoms with van der Waals surface area (Å²) >= 11 is 3.56. The summed E-state index contributed by atoms with van der Waals surface area (Å²) in [6, 6.07) is 12.7. The summed E-state index contributed by atoms with van der Waals surface area (Å²) in [6.45, 7) is 1.91. The molecular weight excluding hydrogens is 288 g/mol. The SMILES string of the molecule is CN1Cc2cc(N)ccc2-c2cc(Br)ccc2C1. The number of hydrogen-bond acceptors (Lipinski definition) is 2. The first-order valence-corrected chi connectivity index (χ1v) is 6.78. The first-order chi connectivity index (χ1) is 8.63. The summed E-state index contributed by atoms with van der Waals surface area (Å²) in [5, 5.41) is 0. The minimum absolute atomic E-state index is 0.834. The third-order valence-electron chi connectivity index (χ3n) is 3.37. The number of halogens is 1. The van der Waals surface area contributed by atoms with Gasteiger partial charge in [0.1, 0.15) is 0 Å². The van der Waals surface area contributed by atoms with Crippen molar-refractivity contribution in [3.05, 3.63) is 52.0 Å². The van der Waals surface area contributed by atoms with E-state index in [1.54, 1.807) is 0 Å². The van der Waals surface area contributed by atoms with Gasteiger partial charge in [-0.05, 0) is 53.6 Å². The Kier molecular flexibility index (Phi) is 2.88. The molecule has 1 aliphatic heterocycles. The second kappa shape index (κ2) is 4.41. The fraction of sp³-hybridized carbons (Fsp3) is 0.200. The summed E-state index contributed by atoms with van der Waals surface area (Å²) in [4.78, 5) is 2.32. The van der Waals surface area contributed by atoms with E-state index in [0.29, 0.717) is 0 Å². The Labute approximate surface area is 116 Å². The molecular formula is C15H15BrN2. The fourth-order valence-corrected chi connectivity index (χ4v) is 2.94. The minimum atomic E-state index is 0.834. The van der Waals surface area contributed by atoms with Crippen molar-refractivity contribution in [3.63, 3.8) is 0 Å². The molecule has 2 aromatic rings. The summed E-state index contributed by atoms with van der Waals surface area (Å²) < 4.78 is 1.12. The lowest BCUT2D eigenvalue weighted by molar-refractivity contribution is 0.323. The number of rotatable bonds is 0. The molecule has 0 aromatic heterocycles. The molecule has 2 N–H and O–H groups in total. The summed E-state index contributed by atoms with van der Waals surface area (Å²) in [5.41, 5.74) is 12.0. The predicted octanol–water partition coefficient (Wildman–Crippen LogP) is 3.64. The molecule has 0 spiro atoms. The molecule has 0 unspecified atom stereocenters. The maximum atomic E-state index is 5.90. The molecule has 0 saturated heterocycles. The van der Waals surface area contributed by atoms with Crippen molar-refractivity contribution in [1.29, 1.82) is 0 Å². The molecule has 0 bridgehead atoms. The zero-order valence-electron chi connectivity index (χ0n) is 10.3. The van der Waals surface area contributed by atoms with Gasteiger partial charge in [0, 0.05) is 23.2 Å². The van der Waals surface area contributed by atoms with Crippen LogP contribution in [0.5, 0.6) is 0 Å². The Morgan fingerprint density at radius 3 is 2.61 bits per heavy atom. The highest BCUT2D eigenvalue weighted by molar-refractivity contribution is 9.10. The number of benzene rings is 2. The molecule has 0 amide bonds. The first-order valence-electron chi connectivity index (χ1n) is 5.99. The summed E-state index contributed by atoms with van der Waals surface area (Å²) in [5.74, 6) is 0. The molecule has 0 fully saturated rings.